The summed E-state index contributed by atoms with van der Waals surface area (Å²) in [4.78, 5) is 46.0. The topological polar surface area (TPSA) is 150 Å². The SMILES string of the molecule is CO[C@H](/C=C/CC/C=C/C(=O)O)[C@@H](O)[C@H](C)[C@@H](O)/C(C)=C/[C@@H](C)C(=O)CCCC1CC(=O)NC(=O)C1. The van der Waals surface area contributed by atoms with Gasteiger partial charge in [-0.15, -0.1) is 0 Å². The van der Waals surface area contributed by atoms with Crippen molar-refractivity contribution < 1.29 is 39.2 Å². The predicted octanol–water partition coefficient (Wildman–Crippen LogP) is 2.71. The number of allylic oxidation sites excluding steroid dienone is 3. The standard InChI is InChI=1S/C27H41NO8/c1-17(21(29)11-9-10-20-15-23(30)28-24(31)16-20)14-18(2)26(34)19(3)27(35)22(36-4)12-7-5-6-8-13-25(32)33/h7-8,12-14,17,19-20,22,26-27,34-35H,5-6,9-11,15-16H2,1-4H3,(H,32,33)(H,28,30,31)/b12-7+,13-8+,18-14+/t17-,19-,22-,26+,27+/m1/s1. The molecule has 0 aromatic heterocycles. The quantitative estimate of drug-likeness (QED) is 0.108. The van der Waals surface area contributed by atoms with Crippen molar-refractivity contribution in [3.8, 4) is 0 Å². The number of Topliss-reactive ketones (excluding diaryl/α,β-unsaturated/α-hetero) is 1. The van der Waals surface area contributed by atoms with E-state index in [2.05, 4.69) is 5.32 Å². The molecule has 1 fully saturated rings. The zero-order valence-electron chi connectivity index (χ0n) is 21.7. The predicted molar refractivity (Wildman–Crippen MR) is 135 cm³/mol. The van der Waals surface area contributed by atoms with Gasteiger partial charge in [0.2, 0.25) is 11.8 Å². The van der Waals surface area contributed by atoms with Crippen LogP contribution in [0.3, 0.4) is 0 Å². The van der Waals surface area contributed by atoms with Crippen LogP contribution in [0, 0.1) is 17.8 Å². The van der Waals surface area contributed by atoms with E-state index < -0.39 is 36.1 Å². The van der Waals surface area contributed by atoms with Gasteiger partial charge in [-0.05, 0) is 44.1 Å². The second-order valence-corrected chi connectivity index (χ2v) is 9.54. The average Bonchev–Trinajstić information content (AvgIpc) is 2.81. The number of carbonyl (C=O) groups is 4. The molecule has 1 heterocycles. The van der Waals surface area contributed by atoms with E-state index >= 15 is 0 Å². The van der Waals surface area contributed by atoms with Gasteiger partial charge < -0.3 is 20.1 Å². The van der Waals surface area contributed by atoms with Crippen molar-refractivity contribution in [1.82, 2.24) is 5.32 Å². The molecule has 0 aromatic rings. The largest absolute Gasteiger partial charge is 0.478 e. The van der Waals surface area contributed by atoms with Gasteiger partial charge in [0.25, 0.3) is 0 Å². The number of unbranched alkanes of at least 4 members (excludes halogenated alkanes) is 1. The Labute approximate surface area is 213 Å². The maximum Gasteiger partial charge on any atom is 0.327 e. The van der Waals surface area contributed by atoms with Crippen LogP contribution in [0.1, 0.15) is 65.7 Å². The summed E-state index contributed by atoms with van der Waals surface area (Å²) in [5, 5.41) is 32.4. The molecule has 5 atom stereocenters. The van der Waals surface area contributed by atoms with Gasteiger partial charge in [0.15, 0.2) is 0 Å². The number of ketones is 1. The molecule has 0 radical (unpaired) electrons. The normalized spacial score (nSPS) is 19.8. The van der Waals surface area contributed by atoms with E-state index in [0.717, 1.165) is 6.08 Å². The third-order valence-corrected chi connectivity index (χ3v) is 6.48. The Bertz CT molecular complexity index is 831. The lowest BCUT2D eigenvalue weighted by molar-refractivity contribution is -0.135. The lowest BCUT2D eigenvalue weighted by Crippen LogP contribution is -2.39. The van der Waals surface area contributed by atoms with Crippen molar-refractivity contribution >= 4 is 23.6 Å². The number of aliphatic hydroxyl groups is 2. The number of aliphatic hydroxyl groups excluding tert-OH is 2. The third kappa shape index (κ3) is 11.4. The number of amides is 2. The summed E-state index contributed by atoms with van der Waals surface area (Å²) in [5.74, 6) is -2.54. The first-order valence-electron chi connectivity index (χ1n) is 12.4. The van der Waals surface area contributed by atoms with E-state index in [-0.39, 0.29) is 23.5 Å². The van der Waals surface area contributed by atoms with Crippen LogP contribution in [-0.2, 0) is 23.9 Å². The minimum Gasteiger partial charge on any atom is -0.478 e. The van der Waals surface area contributed by atoms with Crippen LogP contribution in [0.4, 0.5) is 0 Å². The van der Waals surface area contributed by atoms with Gasteiger partial charge in [-0.1, -0.05) is 38.2 Å². The zero-order valence-corrected chi connectivity index (χ0v) is 21.7. The highest BCUT2D eigenvalue weighted by Crippen LogP contribution is 2.23. The highest BCUT2D eigenvalue weighted by Gasteiger charge is 2.30. The molecular weight excluding hydrogens is 466 g/mol. The summed E-state index contributed by atoms with van der Waals surface area (Å²) in [6, 6.07) is 0. The van der Waals surface area contributed by atoms with Crippen LogP contribution < -0.4 is 5.32 Å². The number of nitrogens with one attached hydrogen (secondary N) is 1. The molecule has 0 aromatic carbocycles. The fourth-order valence-corrected chi connectivity index (χ4v) is 4.28. The highest BCUT2D eigenvalue weighted by molar-refractivity contribution is 5.97. The van der Waals surface area contributed by atoms with E-state index in [0.29, 0.717) is 50.5 Å². The number of aliphatic carboxylic acids is 1. The number of carbonyl (C=O) groups excluding carboxylic acids is 3. The van der Waals surface area contributed by atoms with Crippen LogP contribution in [0.2, 0.25) is 0 Å². The molecule has 1 aliphatic rings. The Morgan fingerprint density at radius 2 is 1.72 bits per heavy atom. The van der Waals surface area contributed by atoms with Gasteiger partial charge >= 0.3 is 5.97 Å². The van der Waals surface area contributed by atoms with Crippen molar-refractivity contribution in [3.63, 3.8) is 0 Å². The van der Waals surface area contributed by atoms with Gasteiger partial charge in [0, 0.05) is 44.3 Å². The van der Waals surface area contributed by atoms with Crippen LogP contribution in [0.25, 0.3) is 0 Å². The molecule has 0 bridgehead atoms. The number of hydrogen-bond donors (Lipinski definition) is 4. The molecule has 1 rings (SSSR count). The van der Waals surface area contributed by atoms with Crippen LogP contribution in [-0.4, -0.2) is 64.3 Å². The van der Waals surface area contributed by atoms with Gasteiger partial charge in [-0.3, -0.25) is 19.7 Å². The summed E-state index contributed by atoms with van der Waals surface area (Å²) >= 11 is 0. The van der Waals surface area contributed by atoms with E-state index in [1.54, 1.807) is 45.1 Å². The van der Waals surface area contributed by atoms with E-state index in [9.17, 15) is 29.4 Å². The monoisotopic (exact) mass is 507 g/mol. The maximum atomic E-state index is 12.6. The average molecular weight is 508 g/mol. The second kappa shape index (κ2) is 16.2. The first-order chi connectivity index (χ1) is 17.0. The number of carboxylic acid groups (broad SMARTS) is 1. The highest BCUT2D eigenvalue weighted by atomic mass is 16.5. The molecular formula is C27H41NO8. The molecule has 9 nitrogen and oxygen atoms in total. The third-order valence-electron chi connectivity index (χ3n) is 6.48. The summed E-state index contributed by atoms with van der Waals surface area (Å²) in [7, 11) is 1.46. The van der Waals surface area contributed by atoms with Crippen molar-refractivity contribution in [2.24, 2.45) is 17.8 Å². The van der Waals surface area contributed by atoms with Gasteiger partial charge in [0.05, 0.1) is 12.2 Å². The number of piperidine rings is 1. The zero-order chi connectivity index (χ0) is 27.3. The number of methoxy groups -OCH3 is 1. The second-order valence-electron chi connectivity index (χ2n) is 9.54. The maximum absolute atomic E-state index is 12.6. The molecule has 0 unspecified atom stereocenters. The minimum absolute atomic E-state index is 0.0102. The Balaban J connectivity index is 2.57. The Morgan fingerprint density at radius 3 is 2.31 bits per heavy atom. The first-order valence-corrected chi connectivity index (χ1v) is 12.4. The van der Waals surface area contributed by atoms with E-state index in [4.69, 9.17) is 9.84 Å². The minimum atomic E-state index is -1.00. The van der Waals surface area contributed by atoms with E-state index in [1.807, 2.05) is 0 Å². The van der Waals surface area contributed by atoms with Gasteiger partial charge in [0.1, 0.15) is 11.9 Å². The molecule has 9 heteroatoms. The Kier molecular flexibility index (Phi) is 14.1. The van der Waals surface area contributed by atoms with Crippen LogP contribution in [0.15, 0.2) is 36.0 Å². The molecule has 0 saturated carbocycles. The fourth-order valence-electron chi connectivity index (χ4n) is 4.28. The van der Waals surface area contributed by atoms with Crippen molar-refractivity contribution in [3.05, 3.63) is 36.0 Å². The fraction of sp³-hybridized carbons (Fsp3) is 0.630. The van der Waals surface area contributed by atoms with E-state index in [1.165, 1.54) is 7.11 Å². The molecule has 1 saturated heterocycles. The molecule has 2 amide bonds. The molecule has 202 valence electrons. The van der Waals surface area contributed by atoms with Crippen LogP contribution in [0.5, 0.6) is 0 Å². The summed E-state index contributed by atoms with van der Waals surface area (Å²) in [6.07, 6.45) is 8.46. The number of rotatable bonds is 16. The molecule has 1 aliphatic heterocycles. The Hall–Kier alpha value is -2.62. The number of carboxylic acids is 1. The van der Waals surface area contributed by atoms with Crippen LogP contribution >= 0.6 is 0 Å². The van der Waals surface area contributed by atoms with Gasteiger partial charge in [-0.25, -0.2) is 4.79 Å². The lowest BCUT2D eigenvalue weighted by atomic mass is 9.87. The smallest absolute Gasteiger partial charge is 0.327 e. The summed E-state index contributed by atoms with van der Waals surface area (Å²) < 4.78 is 5.36. The number of ether oxygens (including phenoxy) is 1. The molecule has 36 heavy (non-hydrogen) atoms. The number of hydrogen-bond acceptors (Lipinski definition) is 7. The molecule has 0 aliphatic carbocycles. The molecule has 0 spiro atoms. The van der Waals surface area contributed by atoms with Crippen molar-refractivity contribution in [2.75, 3.05) is 7.11 Å². The number of imide groups is 1. The van der Waals surface area contributed by atoms with Gasteiger partial charge in [-0.2, -0.15) is 0 Å². The molecule has 4 N–H and O–H groups in total. The van der Waals surface area contributed by atoms with Crippen molar-refractivity contribution in [1.29, 1.82) is 0 Å². The first kappa shape index (κ1) is 31.4. The van der Waals surface area contributed by atoms with Crippen molar-refractivity contribution in [2.45, 2.75) is 84.0 Å². The summed E-state index contributed by atoms with van der Waals surface area (Å²) in [6.45, 7) is 5.18. The lowest BCUT2D eigenvalue weighted by Gasteiger charge is -2.29. The Morgan fingerprint density at radius 1 is 1.11 bits per heavy atom. The summed E-state index contributed by atoms with van der Waals surface area (Å²) in [5.41, 5.74) is 0.578.